The van der Waals surface area contributed by atoms with Crippen LogP contribution in [0.25, 0.3) is 16.3 Å². The molecule has 0 heterocycles. The largest absolute Gasteiger partial charge is 0.324 e. The first-order valence-corrected chi connectivity index (χ1v) is 12.6. The predicted molar refractivity (Wildman–Crippen MR) is 147 cm³/mol. The molecule has 6 rings (SSSR count). The predicted octanol–water partition coefficient (Wildman–Crippen LogP) is 8.02. The number of hydrogen-bond donors (Lipinski definition) is 1. The molecule has 4 aromatic rings. The van der Waals surface area contributed by atoms with Gasteiger partial charge in [0.05, 0.1) is 0 Å². The summed E-state index contributed by atoms with van der Waals surface area (Å²) in [5.41, 5.74) is 5.83. The Balaban J connectivity index is 1.53. The number of hydrogen-bond acceptors (Lipinski definition) is 1. The van der Waals surface area contributed by atoms with E-state index in [1.54, 1.807) is 0 Å². The molecule has 170 valence electrons. The summed E-state index contributed by atoms with van der Waals surface area (Å²) in [7, 11) is 0. The molecule has 2 nitrogen and oxygen atoms in total. The van der Waals surface area contributed by atoms with E-state index < -0.39 is 0 Å². The van der Waals surface area contributed by atoms with Crippen LogP contribution in [0.15, 0.2) is 125 Å². The maximum atomic E-state index is 13.7. The second-order valence-corrected chi connectivity index (χ2v) is 10.3. The van der Waals surface area contributed by atoms with E-state index in [4.69, 9.17) is 0 Å². The van der Waals surface area contributed by atoms with Gasteiger partial charge in [-0.15, -0.1) is 0 Å². The molecule has 2 atom stereocenters. The van der Waals surface area contributed by atoms with Crippen LogP contribution in [-0.4, -0.2) is 5.91 Å². The number of carbonyl (C=O) groups is 1. The van der Waals surface area contributed by atoms with E-state index in [1.165, 1.54) is 11.1 Å². The smallest absolute Gasteiger partial charge is 0.255 e. The number of carbonyl (C=O) groups excluding carboxylic acids is 1. The Morgan fingerprint density at radius 1 is 0.857 bits per heavy atom. The standard InChI is InChI=1S/C32H24BrNO/c1-32-18-8-7-13-28(32)26-11-5-6-12-27(26)29(21-9-3-2-4-10-21)30(32)34-31(35)24-15-14-23-20-25(33)17-16-22(23)19-24/h2-20,28H,1H3,(H,34,35). The molecule has 0 radical (unpaired) electrons. The van der Waals surface area contributed by atoms with E-state index in [0.29, 0.717) is 5.56 Å². The highest BCUT2D eigenvalue weighted by atomic mass is 79.9. The Bertz CT molecular complexity index is 1560. The van der Waals surface area contributed by atoms with Gasteiger partial charge in [-0.3, -0.25) is 4.79 Å². The maximum absolute atomic E-state index is 13.7. The van der Waals surface area contributed by atoms with Crippen molar-refractivity contribution in [2.75, 3.05) is 0 Å². The highest BCUT2D eigenvalue weighted by Gasteiger charge is 2.44. The number of fused-ring (bicyclic) bond motifs is 4. The molecule has 2 unspecified atom stereocenters. The van der Waals surface area contributed by atoms with Crippen molar-refractivity contribution < 1.29 is 4.79 Å². The summed E-state index contributed by atoms with van der Waals surface area (Å²) in [5, 5.41) is 5.52. The van der Waals surface area contributed by atoms with Gasteiger partial charge in [-0.2, -0.15) is 0 Å². The van der Waals surface area contributed by atoms with Crippen LogP contribution in [0.3, 0.4) is 0 Å². The lowest BCUT2D eigenvalue weighted by atomic mass is 9.62. The fourth-order valence-corrected chi connectivity index (χ4v) is 5.82. The number of amides is 1. The van der Waals surface area contributed by atoms with Crippen LogP contribution in [0.4, 0.5) is 0 Å². The van der Waals surface area contributed by atoms with Crippen LogP contribution in [0.5, 0.6) is 0 Å². The molecule has 0 fully saturated rings. The average Bonchev–Trinajstić information content (AvgIpc) is 2.89. The first kappa shape index (κ1) is 21.8. The highest BCUT2D eigenvalue weighted by molar-refractivity contribution is 9.10. The third-order valence-corrected chi connectivity index (χ3v) is 7.72. The van der Waals surface area contributed by atoms with Crippen molar-refractivity contribution in [2.45, 2.75) is 12.8 Å². The van der Waals surface area contributed by atoms with Crippen LogP contribution in [0, 0.1) is 5.41 Å². The van der Waals surface area contributed by atoms with Gasteiger partial charge in [0.1, 0.15) is 0 Å². The van der Waals surface area contributed by atoms with Crippen LogP contribution >= 0.6 is 15.9 Å². The van der Waals surface area contributed by atoms with E-state index >= 15 is 0 Å². The number of nitrogens with one attached hydrogen (secondary N) is 1. The van der Waals surface area contributed by atoms with Gasteiger partial charge in [-0.05, 0) is 58.7 Å². The normalized spacial score (nSPS) is 20.5. The minimum absolute atomic E-state index is 0.0967. The quantitative estimate of drug-likeness (QED) is 0.292. The third-order valence-electron chi connectivity index (χ3n) is 7.22. The van der Waals surface area contributed by atoms with Crippen molar-refractivity contribution in [3.05, 3.63) is 148 Å². The molecule has 0 saturated heterocycles. The van der Waals surface area contributed by atoms with E-state index in [9.17, 15) is 4.79 Å². The molecule has 0 spiro atoms. The van der Waals surface area contributed by atoms with Gasteiger partial charge in [-0.1, -0.05) is 107 Å². The van der Waals surface area contributed by atoms with E-state index in [0.717, 1.165) is 32.1 Å². The van der Waals surface area contributed by atoms with E-state index in [-0.39, 0.29) is 17.2 Å². The van der Waals surface area contributed by atoms with Gasteiger partial charge in [0.2, 0.25) is 0 Å². The molecule has 2 aliphatic rings. The Hall–Kier alpha value is -3.69. The van der Waals surface area contributed by atoms with Gasteiger partial charge < -0.3 is 5.32 Å². The molecule has 4 aromatic carbocycles. The zero-order chi connectivity index (χ0) is 24.0. The zero-order valence-electron chi connectivity index (χ0n) is 19.3. The Morgan fingerprint density at radius 3 is 2.46 bits per heavy atom. The Kier molecular flexibility index (Phi) is 5.31. The maximum Gasteiger partial charge on any atom is 0.255 e. The average molecular weight is 518 g/mol. The number of halogens is 1. The molecule has 0 aromatic heterocycles. The molecule has 0 saturated carbocycles. The molecular weight excluding hydrogens is 494 g/mol. The van der Waals surface area contributed by atoms with Crippen LogP contribution < -0.4 is 5.32 Å². The van der Waals surface area contributed by atoms with E-state index in [1.807, 2.05) is 36.4 Å². The van der Waals surface area contributed by atoms with Crippen molar-refractivity contribution in [1.82, 2.24) is 5.32 Å². The molecule has 35 heavy (non-hydrogen) atoms. The van der Waals surface area contributed by atoms with Gasteiger partial charge in [0, 0.05) is 32.6 Å². The van der Waals surface area contributed by atoms with Crippen LogP contribution in [0.1, 0.15) is 39.9 Å². The van der Waals surface area contributed by atoms with Crippen molar-refractivity contribution >= 4 is 38.2 Å². The van der Waals surface area contributed by atoms with Crippen LogP contribution in [-0.2, 0) is 0 Å². The molecule has 0 aliphatic heterocycles. The summed E-state index contributed by atoms with van der Waals surface area (Å²) in [6, 6.07) is 30.9. The molecule has 1 N–H and O–H groups in total. The minimum atomic E-state index is -0.383. The second kappa shape index (κ2) is 8.51. The lowest BCUT2D eigenvalue weighted by molar-refractivity contribution is 0.0957. The SMILES string of the molecule is CC12C=CC=CC1c1ccccc1C(c1ccccc1)=C2NC(=O)c1ccc2cc(Br)ccc2c1. The molecule has 2 aliphatic carbocycles. The molecule has 3 heteroatoms. The Labute approximate surface area is 213 Å². The Morgan fingerprint density at radius 2 is 1.60 bits per heavy atom. The first-order valence-electron chi connectivity index (χ1n) is 11.8. The van der Waals surface area contributed by atoms with E-state index in [2.05, 4.69) is 107 Å². The first-order chi connectivity index (χ1) is 17.0. The molecule has 1 amide bonds. The zero-order valence-corrected chi connectivity index (χ0v) is 20.9. The molecular formula is C32H24BrNO. The second-order valence-electron chi connectivity index (χ2n) is 9.37. The van der Waals surface area contributed by atoms with Crippen molar-refractivity contribution in [3.63, 3.8) is 0 Å². The van der Waals surface area contributed by atoms with Gasteiger partial charge in [0.15, 0.2) is 0 Å². The van der Waals surface area contributed by atoms with Crippen molar-refractivity contribution in [2.24, 2.45) is 5.41 Å². The summed E-state index contributed by atoms with van der Waals surface area (Å²) in [6.07, 6.45) is 8.68. The summed E-state index contributed by atoms with van der Waals surface area (Å²) >= 11 is 3.53. The lowest BCUT2D eigenvalue weighted by Gasteiger charge is -2.44. The van der Waals surface area contributed by atoms with Gasteiger partial charge >= 0.3 is 0 Å². The lowest BCUT2D eigenvalue weighted by Crippen LogP contribution is -2.40. The van der Waals surface area contributed by atoms with Crippen molar-refractivity contribution in [1.29, 1.82) is 0 Å². The minimum Gasteiger partial charge on any atom is -0.324 e. The topological polar surface area (TPSA) is 29.1 Å². The summed E-state index contributed by atoms with van der Waals surface area (Å²) in [6.45, 7) is 2.23. The monoisotopic (exact) mass is 517 g/mol. The summed E-state index contributed by atoms with van der Waals surface area (Å²) < 4.78 is 1.02. The van der Waals surface area contributed by atoms with Gasteiger partial charge in [0.25, 0.3) is 5.91 Å². The molecule has 0 bridgehead atoms. The fraction of sp³-hybridized carbons (Fsp3) is 0.0938. The highest BCUT2D eigenvalue weighted by Crippen LogP contribution is 2.54. The third kappa shape index (κ3) is 3.67. The number of rotatable bonds is 3. The summed E-state index contributed by atoms with van der Waals surface area (Å²) in [4.78, 5) is 13.7. The van der Waals surface area contributed by atoms with Gasteiger partial charge in [-0.25, -0.2) is 0 Å². The van der Waals surface area contributed by atoms with Crippen molar-refractivity contribution in [3.8, 4) is 0 Å². The fourth-order valence-electron chi connectivity index (χ4n) is 5.45. The number of allylic oxidation sites excluding steroid dienone is 4. The van der Waals surface area contributed by atoms with Crippen LogP contribution in [0.2, 0.25) is 0 Å². The number of benzene rings is 4. The summed E-state index contributed by atoms with van der Waals surface area (Å²) in [5.74, 6) is 0.0426.